The molecule has 0 bridgehead atoms. The molecule has 4 N–H and O–H groups in total. The largest absolute Gasteiger partial charge is 0.390 e. The molecule has 0 spiro atoms. The molecule has 1 aliphatic rings. The number of benzene rings is 1. The van der Waals surface area contributed by atoms with Gasteiger partial charge in [-0.1, -0.05) is 25.1 Å². The summed E-state index contributed by atoms with van der Waals surface area (Å²) in [6.45, 7) is 9.35. The standard InChI is InChI=1S/C25H33F2N5O2S/c1-6-14(2)13-35-23(28-5)21-15(3)30-24(29-12-16-17(26)8-7-9-18(16)27)32-22(21)31-19-10-11-20(33)25(19,4)34/h7-9,19-20,33-34H,2,6,10-13H2,1,3-5H3,(H2,29,30,31,32)/t19-,20-,25+/m1/s1. The predicted octanol–water partition coefficient (Wildman–Crippen LogP) is 4.44. The molecule has 10 heteroatoms. The summed E-state index contributed by atoms with van der Waals surface area (Å²) in [6.07, 6.45) is 0.970. The second kappa shape index (κ2) is 11.5. The Kier molecular flexibility index (Phi) is 8.84. The first-order valence-corrected chi connectivity index (χ1v) is 12.6. The van der Waals surface area contributed by atoms with Gasteiger partial charge >= 0.3 is 0 Å². The second-order valence-corrected chi connectivity index (χ2v) is 9.81. The van der Waals surface area contributed by atoms with E-state index < -0.39 is 29.4 Å². The van der Waals surface area contributed by atoms with Gasteiger partial charge in [0, 0.05) is 24.9 Å². The summed E-state index contributed by atoms with van der Waals surface area (Å²) >= 11 is 1.51. The Morgan fingerprint density at radius 1 is 1.29 bits per heavy atom. The van der Waals surface area contributed by atoms with Gasteiger partial charge in [0.15, 0.2) is 0 Å². The van der Waals surface area contributed by atoms with Crippen molar-refractivity contribution in [3.8, 4) is 0 Å². The minimum absolute atomic E-state index is 0.112. The van der Waals surface area contributed by atoms with Crippen LogP contribution in [-0.2, 0) is 6.54 Å². The molecule has 1 fully saturated rings. The fourth-order valence-electron chi connectivity index (χ4n) is 3.93. The van der Waals surface area contributed by atoms with Crippen LogP contribution in [0.2, 0.25) is 0 Å². The molecular formula is C25H33F2N5O2S. The van der Waals surface area contributed by atoms with Gasteiger partial charge in [-0.25, -0.2) is 13.8 Å². The van der Waals surface area contributed by atoms with Crippen molar-refractivity contribution in [3.63, 3.8) is 0 Å². The zero-order chi connectivity index (χ0) is 25.8. The quantitative estimate of drug-likeness (QED) is 0.227. The Morgan fingerprint density at radius 2 is 1.97 bits per heavy atom. The van der Waals surface area contributed by atoms with Gasteiger partial charge in [-0.3, -0.25) is 4.99 Å². The van der Waals surface area contributed by atoms with Crippen LogP contribution in [0.1, 0.15) is 49.9 Å². The zero-order valence-corrected chi connectivity index (χ0v) is 21.3. The third-order valence-corrected chi connectivity index (χ3v) is 7.54. The van der Waals surface area contributed by atoms with Crippen molar-refractivity contribution in [2.75, 3.05) is 23.4 Å². The van der Waals surface area contributed by atoms with Crippen molar-refractivity contribution in [3.05, 3.63) is 58.8 Å². The number of hydrogen-bond acceptors (Lipinski definition) is 8. The summed E-state index contributed by atoms with van der Waals surface area (Å²) in [5, 5.41) is 27.9. The van der Waals surface area contributed by atoms with E-state index in [2.05, 4.69) is 32.2 Å². The molecule has 0 amide bonds. The minimum atomic E-state index is -1.35. The molecule has 0 unspecified atom stereocenters. The molecule has 190 valence electrons. The molecule has 3 rings (SSSR count). The number of aromatic nitrogens is 2. The minimum Gasteiger partial charge on any atom is -0.390 e. The lowest BCUT2D eigenvalue weighted by Crippen LogP contribution is -2.47. The zero-order valence-electron chi connectivity index (χ0n) is 20.5. The predicted molar refractivity (Wildman–Crippen MR) is 138 cm³/mol. The van der Waals surface area contributed by atoms with Gasteiger partial charge in [0.1, 0.15) is 28.1 Å². The average Bonchev–Trinajstić information content (AvgIpc) is 3.06. The van der Waals surface area contributed by atoms with E-state index in [1.807, 2.05) is 6.92 Å². The number of aliphatic hydroxyl groups is 2. The lowest BCUT2D eigenvalue weighted by Gasteiger charge is -2.30. The molecule has 0 radical (unpaired) electrons. The van der Waals surface area contributed by atoms with E-state index in [0.29, 0.717) is 40.7 Å². The van der Waals surface area contributed by atoms with Gasteiger partial charge in [-0.15, -0.1) is 11.8 Å². The molecule has 1 aromatic heterocycles. The van der Waals surface area contributed by atoms with Crippen LogP contribution in [0.4, 0.5) is 20.5 Å². The van der Waals surface area contributed by atoms with E-state index in [9.17, 15) is 19.0 Å². The summed E-state index contributed by atoms with van der Waals surface area (Å²) in [5.74, 6) is -0.0491. The highest BCUT2D eigenvalue weighted by atomic mass is 32.2. The highest BCUT2D eigenvalue weighted by Crippen LogP contribution is 2.34. The number of nitrogens with zero attached hydrogens (tertiary/aromatic N) is 3. The number of thioether (sulfide) groups is 1. The smallest absolute Gasteiger partial charge is 0.225 e. The topological polar surface area (TPSA) is 103 Å². The van der Waals surface area contributed by atoms with Gasteiger partial charge < -0.3 is 20.8 Å². The molecule has 2 aromatic rings. The maximum atomic E-state index is 14.1. The summed E-state index contributed by atoms with van der Waals surface area (Å²) in [4.78, 5) is 13.6. The van der Waals surface area contributed by atoms with Crippen LogP contribution in [0.25, 0.3) is 0 Å². The molecule has 35 heavy (non-hydrogen) atoms. The Hall–Kier alpha value is -2.56. The van der Waals surface area contributed by atoms with Gasteiger partial charge in [0.05, 0.1) is 23.4 Å². The summed E-state index contributed by atoms with van der Waals surface area (Å²) in [5.41, 5.74) is 0.871. The van der Waals surface area contributed by atoms with Crippen molar-refractivity contribution >= 4 is 28.6 Å². The molecule has 1 aromatic carbocycles. The highest BCUT2D eigenvalue weighted by molar-refractivity contribution is 8.14. The van der Waals surface area contributed by atoms with Crippen molar-refractivity contribution < 1.29 is 19.0 Å². The number of aryl methyl sites for hydroxylation is 1. The molecule has 0 aliphatic heterocycles. The number of anilines is 2. The van der Waals surface area contributed by atoms with Crippen LogP contribution in [0.5, 0.6) is 0 Å². The fourth-order valence-corrected chi connectivity index (χ4v) is 4.99. The fraction of sp³-hybridized carbons (Fsp3) is 0.480. The van der Waals surface area contributed by atoms with Crippen molar-refractivity contribution in [2.45, 2.75) is 64.3 Å². The second-order valence-electron chi connectivity index (χ2n) is 8.85. The number of hydrogen-bond donors (Lipinski definition) is 4. The highest BCUT2D eigenvalue weighted by Gasteiger charge is 2.45. The first-order chi connectivity index (χ1) is 16.6. The van der Waals surface area contributed by atoms with E-state index in [0.717, 1.165) is 12.0 Å². The van der Waals surface area contributed by atoms with Crippen LogP contribution in [0.15, 0.2) is 35.3 Å². The van der Waals surface area contributed by atoms with Crippen molar-refractivity contribution in [1.82, 2.24) is 9.97 Å². The number of nitrogens with one attached hydrogen (secondary N) is 2. The van der Waals surface area contributed by atoms with Crippen LogP contribution < -0.4 is 10.6 Å². The lowest BCUT2D eigenvalue weighted by molar-refractivity contribution is -0.0439. The van der Waals surface area contributed by atoms with Crippen LogP contribution in [-0.4, -0.2) is 55.8 Å². The van der Waals surface area contributed by atoms with E-state index in [1.165, 1.54) is 30.0 Å². The number of halogens is 2. The molecular weight excluding hydrogens is 472 g/mol. The molecule has 1 saturated carbocycles. The van der Waals surface area contributed by atoms with Gasteiger partial charge in [-0.05, 0) is 45.2 Å². The van der Waals surface area contributed by atoms with E-state index in [-0.39, 0.29) is 18.1 Å². The molecule has 0 saturated heterocycles. The van der Waals surface area contributed by atoms with Gasteiger partial charge in [0.2, 0.25) is 5.95 Å². The lowest BCUT2D eigenvalue weighted by atomic mass is 9.98. The van der Waals surface area contributed by atoms with Crippen molar-refractivity contribution in [1.29, 1.82) is 0 Å². The molecule has 3 atom stereocenters. The van der Waals surface area contributed by atoms with E-state index >= 15 is 0 Å². The van der Waals surface area contributed by atoms with Gasteiger partial charge in [0.25, 0.3) is 0 Å². The maximum absolute atomic E-state index is 14.1. The molecule has 1 heterocycles. The SMILES string of the molecule is C=C(CC)CSC(=NC)c1c(C)nc(NCc2c(F)cccc2F)nc1N[C@@H]1CC[C@@H](O)[C@@]1(C)O. The number of rotatable bonds is 9. The Morgan fingerprint density at radius 3 is 2.54 bits per heavy atom. The van der Waals surface area contributed by atoms with Crippen LogP contribution in [0, 0.1) is 18.6 Å². The number of aliphatic imine (C=N–C) groups is 1. The van der Waals surface area contributed by atoms with Crippen LogP contribution >= 0.6 is 11.8 Å². The third-order valence-electron chi connectivity index (χ3n) is 6.32. The van der Waals surface area contributed by atoms with E-state index in [1.54, 1.807) is 20.9 Å². The normalized spacial score (nSPS) is 22.3. The average molecular weight is 506 g/mol. The first kappa shape index (κ1) is 27.0. The molecule has 7 nitrogen and oxygen atoms in total. The van der Waals surface area contributed by atoms with Crippen LogP contribution in [0.3, 0.4) is 0 Å². The maximum Gasteiger partial charge on any atom is 0.225 e. The molecule has 1 aliphatic carbocycles. The van der Waals surface area contributed by atoms with E-state index in [4.69, 9.17) is 0 Å². The Bertz CT molecular complexity index is 1090. The monoisotopic (exact) mass is 505 g/mol. The van der Waals surface area contributed by atoms with Crippen molar-refractivity contribution in [2.24, 2.45) is 4.99 Å². The third kappa shape index (κ3) is 6.17. The summed E-state index contributed by atoms with van der Waals surface area (Å²) in [7, 11) is 1.68. The Balaban J connectivity index is 1.96. The van der Waals surface area contributed by atoms with Gasteiger partial charge in [-0.2, -0.15) is 4.98 Å². The number of aliphatic hydroxyl groups excluding tert-OH is 1. The Labute approximate surface area is 209 Å². The summed E-state index contributed by atoms with van der Waals surface area (Å²) in [6, 6.07) is 3.24. The summed E-state index contributed by atoms with van der Waals surface area (Å²) < 4.78 is 28.2. The first-order valence-electron chi connectivity index (χ1n) is 11.6.